The molecule has 10 nitrogen and oxygen atoms in total. The summed E-state index contributed by atoms with van der Waals surface area (Å²) in [5.41, 5.74) is -0.458. The van der Waals surface area contributed by atoms with Gasteiger partial charge in [-0.25, -0.2) is 9.97 Å². The van der Waals surface area contributed by atoms with E-state index in [1.807, 2.05) is 0 Å². The Hall–Kier alpha value is -1.59. The maximum Gasteiger partial charge on any atom is 0.348 e. The van der Waals surface area contributed by atoms with Gasteiger partial charge in [0.1, 0.15) is 24.6 Å². The summed E-state index contributed by atoms with van der Waals surface area (Å²) in [5, 5.41) is 23.0. The van der Waals surface area contributed by atoms with Gasteiger partial charge < -0.3 is 24.6 Å². The molecule has 0 radical (unpaired) electrons. The van der Waals surface area contributed by atoms with Crippen molar-refractivity contribution in [2.45, 2.75) is 44.2 Å². The van der Waals surface area contributed by atoms with Crippen molar-refractivity contribution < 1.29 is 24.2 Å². The Bertz CT molecular complexity index is 630. The second-order valence-electron chi connectivity index (χ2n) is 5.61. The van der Waals surface area contributed by atoms with Gasteiger partial charge in [0.15, 0.2) is 12.0 Å². The minimum absolute atomic E-state index is 0.0920. The van der Waals surface area contributed by atoms with Gasteiger partial charge >= 0.3 is 5.69 Å². The first-order valence-electron chi connectivity index (χ1n) is 6.86. The van der Waals surface area contributed by atoms with Gasteiger partial charge in [-0.05, 0) is 13.8 Å². The van der Waals surface area contributed by atoms with Crippen LogP contribution < -0.4 is 5.32 Å². The molecule has 11 heteroatoms. The van der Waals surface area contributed by atoms with Crippen molar-refractivity contribution in [3.05, 3.63) is 21.6 Å². The van der Waals surface area contributed by atoms with Crippen molar-refractivity contribution in [1.29, 1.82) is 0 Å². The van der Waals surface area contributed by atoms with E-state index >= 15 is 0 Å². The van der Waals surface area contributed by atoms with E-state index in [1.54, 1.807) is 13.8 Å². The van der Waals surface area contributed by atoms with Crippen LogP contribution in [0.1, 0.15) is 13.8 Å². The van der Waals surface area contributed by atoms with Crippen LogP contribution >= 0.6 is 11.6 Å². The highest BCUT2D eigenvalue weighted by Gasteiger charge is 2.55. The molecule has 3 heterocycles. The van der Waals surface area contributed by atoms with Crippen LogP contribution in [0, 0.1) is 10.1 Å². The van der Waals surface area contributed by atoms with E-state index in [-0.39, 0.29) is 17.6 Å². The average Bonchev–Trinajstić information content (AvgIpc) is 2.92. The van der Waals surface area contributed by atoms with Gasteiger partial charge in [-0.2, -0.15) is 0 Å². The molecule has 0 amide bonds. The van der Waals surface area contributed by atoms with Gasteiger partial charge in [-0.15, -0.1) is 0 Å². The van der Waals surface area contributed by atoms with Crippen LogP contribution in [-0.4, -0.2) is 56.9 Å². The zero-order chi connectivity index (χ0) is 16.8. The van der Waals surface area contributed by atoms with E-state index in [4.69, 9.17) is 25.8 Å². The number of aliphatic hydroxyl groups excluding tert-OH is 1. The number of fused-ring (bicyclic) bond motifs is 1. The third-order valence-electron chi connectivity index (χ3n) is 3.57. The smallest absolute Gasteiger partial charge is 0.348 e. The molecule has 0 unspecified atom stereocenters. The van der Waals surface area contributed by atoms with E-state index in [9.17, 15) is 15.2 Å². The molecule has 23 heavy (non-hydrogen) atoms. The fourth-order valence-electron chi connectivity index (χ4n) is 2.70. The minimum Gasteiger partial charge on any atom is -0.394 e. The lowest BCUT2D eigenvalue weighted by Gasteiger charge is -2.24. The molecule has 2 aliphatic heterocycles. The van der Waals surface area contributed by atoms with Crippen LogP contribution in [0.2, 0.25) is 5.15 Å². The number of aliphatic hydroxyl groups is 1. The molecule has 0 bridgehead atoms. The first-order chi connectivity index (χ1) is 10.8. The molecular weight excluding hydrogens is 332 g/mol. The quantitative estimate of drug-likeness (QED) is 0.459. The van der Waals surface area contributed by atoms with Crippen molar-refractivity contribution in [3.63, 3.8) is 0 Å². The Balaban J connectivity index is 1.86. The summed E-state index contributed by atoms with van der Waals surface area (Å²) in [6.07, 6.45) is -1.36. The number of ether oxygens (including phenoxy) is 3. The summed E-state index contributed by atoms with van der Waals surface area (Å²) >= 11 is 5.75. The maximum absolute atomic E-state index is 11.1. The Labute approximate surface area is 135 Å². The highest BCUT2D eigenvalue weighted by Crippen LogP contribution is 2.39. The van der Waals surface area contributed by atoms with E-state index in [0.717, 1.165) is 6.33 Å². The van der Waals surface area contributed by atoms with Gasteiger partial charge in [0, 0.05) is 0 Å². The zero-order valence-corrected chi connectivity index (χ0v) is 13.1. The first-order valence-corrected chi connectivity index (χ1v) is 7.23. The third kappa shape index (κ3) is 2.95. The lowest BCUT2D eigenvalue weighted by atomic mass is 10.1. The second-order valence-corrected chi connectivity index (χ2v) is 5.96. The number of hydrogen-bond acceptors (Lipinski definition) is 9. The van der Waals surface area contributed by atoms with Gasteiger partial charge in [-0.3, -0.25) is 10.1 Å². The summed E-state index contributed by atoms with van der Waals surface area (Å²) in [6.45, 7) is 3.20. The lowest BCUT2D eigenvalue weighted by Crippen LogP contribution is -2.35. The van der Waals surface area contributed by atoms with Crippen LogP contribution in [0.5, 0.6) is 0 Å². The van der Waals surface area contributed by atoms with E-state index in [2.05, 4.69) is 15.3 Å². The fourth-order valence-corrected chi connectivity index (χ4v) is 2.91. The molecule has 0 aliphatic carbocycles. The molecule has 1 aromatic heterocycles. The van der Waals surface area contributed by atoms with Crippen LogP contribution in [-0.2, 0) is 14.2 Å². The van der Waals surface area contributed by atoms with Gasteiger partial charge in [-0.1, -0.05) is 11.6 Å². The van der Waals surface area contributed by atoms with Crippen molar-refractivity contribution in [2.75, 3.05) is 11.9 Å². The Morgan fingerprint density at radius 3 is 2.78 bits per heavy atom. The van der Waals surface area contributed by atoms with E-state index in [0.29, 0.717) is 0 Å². The molecule has 2 fully saturated rings. The molecule has 2 aliphatic rings. The molecule has 3 rings (SSSR count). The van der Waals surface area contributed by atoms with Gasteiger partial charge in [0.2, 0.25) is 11.0 Å². The number of aromatic nitrogens is 2. The molecular formula is C12H15ClN4O6. The Morgan fingerprint density at radius 1 is 1.43 bits per heavy atom. The van der Waals surface area contributed by atoms with E-state index in [1.165, 1.54) is 0 Å². The summed E-state index contributed by atoms with van der Waals surface area (Å²) in [6, 6.07) is 0. The largest absolute Gasteiger partial charge is 0.394 e. The Kier molecular flexibility index (Phi) is 4.10. The summed E-state index contributed by atoms with van der Waals surface area (Å²) < 4.78 is 17.1. The predicted molar refractivity (Wildman–Crippen MR) is 76.9 cm³/mol. The monoisotopic (exact) mass is 346 g/mol. The molecule has 0 spiro atoms. The number of hydrogen-bond donors (Lipinski definition) is 2. The number of nitro groups is 1. The number of halogens is 1. The van der Waals surface area contributed by atoms with Crippen LogP contribution in [0.3, 0.4) is 0 Å². The minimum atomic E-state index is -0.846. The normalized spacial score (nSPS) is 31.8. The number of nitrogens with zero attached hydrogens (tertiary/aromatic N) is 3. The van der Waals surface area contributed by atoms with Crippen molar-refractivity contribution >= 4 is 23.1 Å². The first kappa shape index (κ1) is 16.3. The van der Waals surface area contributed by atoms with Crippen LogP contribution in [0.4, 0.5) is 11.5 Å². The van der Waals surface area contributed by atoms with Gasteiger partial charge in [0.05, 0.1) is 11.5 Å². The third-order valence-corrected chi connectivity index (χ3v) is 3.85. The molecule has 0 aromatic carbocycles. The SMILES string of the molecule is CC1(C)O[C@@H]2[C@H](O1)[C@@H](CO)O[C@H]2Nc1ncnc(Cl)c1[N+](=O)[O-]. The standard InChI is InChI=1S/C12H15ClN4O6/c1-12(2)22-7-5(3-18)21-11(8(7)23-12)16-10-6(17(19)20)9(13)14-4-15-10/h4-5,7-8,11,18H,3H2,1-2H3,(H,14,15,16)/t5-,7-,8-,11-/m1/s1. The summed E-state index contributed by atoms with van der Waals surface area (Å²) in [5.74, 6) is -0.938. The molecule has 0 saturated carbocycles. The van der Waals surface area contributed by atoms with Crippen LogP contribution in [0.25, 0.3) is 0 Å². The zero-order valence-electron chi connectivity index (χ0n) is 12.3. The molecule has 2 saturated heterocycles. The average molecular weight is 347 g/mol. The van der Waals surface area contributed by atoms with Crippen molar-refractivity contribution in [3.8, 4) is 0 Å². The summed E-state index contributed by atoms with van der Waals surface area (Å²) in [4.78, 5) is 17.9. The molecule has 1 aromatic rings. The van der Waals surface area contributed by atoms with Gasteiger partial charge in [0.25, 0.3) is 0 Å². The second kappa shape index (κ2) is 5.80. The van der Waals surface area contributed by atoms with Crippen molar-refractivity contribution in [2.24, 2.45) is 0 Å². The number of rotatable bonds is 4. The molecule has 4 atom stereocenters. The van der Waals surface area contributed by atoms with Crippen LogP contribution in [0.15, 0.2) is 6.33 Å². The molecule has 126 valence electrons. The maximum atomic E-state index is 11.1. The number of anilines is 1. The highest BCUT2D eigenvalue weighted by molar-refractivity contribution is 6.31. The highest BCUT2D eigenvalue weighted by atomic mass is 35.5. The summed E-state index contributed by atoms with van der Waals surface area (Å²) in [7, 11) is 0. The predicted octanol–water partition coefficient (Wildman–Crippen LogP) is 0.687. The Morgan fingerprint density at radius 2 is 2.13 bits per heavy atom. The fraction of sp³-hybridized carbons (Fsp3) is 0.667. The van der Waals surface area contributed by atoms with Crippen molar-refractivity contribution in [1.82, 2.24) is 9.97 Å². The molecule has 2 N–H and O–H groups in total. The number of nitrogens with one attached hydrogen (secondary N) is 1. The topological polar surface area (TPSA) is 129 Å². The lowest BCUT2D eigenvalue weighted by molar-refractivity contribution is -0.384. The van der Waals surface area contributed by atoms with E-state index < -0.39 is 40.9 Å².